The van der Waals surface area contributed by atoms with Crippen molar-refractivity contribution in [1.82, 2.24) is 5.32 Å². The fraction of sp³-hybridized carbons (Fsp3) is 0.462. The molecule has 0 aliphatic heterocycles. The van der Waals surface area contributed by atoms with Crippen LogP contribution in [0.25, 0.3) is 0 Å². The maximum atomic E-state index is 11.7. The number of amides is 1. The van der Waals surface area contributed by atoms with Crippen LogP contribution in [-0.4, -0.2) is 16.1 Å². The van der Waals surface area contributed by atoms with Gasteiger partial charge in [-0.05, 0) is 26.3 Å². The lowest BCUT2D eigenvalue weighted by atomic mass is 10.1. The third kappa shape index (κ3) is 5.39. The number of rotatable bonds is 3. The quantitative estimate of drug-likeness (QED) is 0.669. The lowest BCUT2D eigenvalue weighted by Gasteiger charge is -2.23. The van der Waals surface area contributed by atoms with Gasteiger partial charge in [0.15, 0.2) is 0 Å². The minimum Gasteiger partial charge on any atom is -0.444 e. The molecule has 4 heteroatoms. The van der Waals surface area contributed by atoms with Gasteiger partial charge in [0.1, 0.15) is 5.60 Å². The van der Waals surface area contributed by atoms with Gasteiger partial charge in [0.2, 0.25) is 0 Å². The van der Waals surface area contributed by atoms with Gasteiger partial charge in [-0.1, -0.05) is 52.9 Å². The number of ether oxygens (including phenoxy) is 1. The summed E-state index contributed by atoms with van der Waals surface area (Å²) in [4.78, 5) is 11.7. The van der Waals surface area contributed by atoms with Crippen molar-refractivity contribution in [2.75, 3.05) is 4.43 Å². The molecular weight excluding hydrogens is 329 g/mol. The fourth-order valence-corrected chi connectivity index (χ4v) is 2.07. The van der Waals surface area contributed by atoms with E-state index in [-0.39, 0.29) is 12.1 Å². The molecule has 1 aromatic rings. The number of alkyl carbamates (subject to hydrolysis) is 1. The van der Waals surface area contributed by atoms with Gasteiger partial charge in [0, 0.05) is 4.43 Å². The number of nitrogens with one attached hydrogen (secondary N) is 1. The first-order chi connectivity index (χ1) is 7.92. The minimum absolute atomic E-state index is 0.00773. The lowest BCUT2D eigenvalue weighted by Crippen LogP contribution is -2.35. The van der Waals surface area contributed by atoms with E-state index in [9.17, 15) is 4.79 Å². The van der Waals surface area contributed by atoms with Crippen molar-refractivity contribution in [2.45, 2.75) is 32.4 Å². The largest absolute Gasteiger partial charge is 0.444 e. The molecule has 1 N–H and O–H groups in total. The minimum atomic E-state index is -0.462. The van der Waals surface area contributed by atoms with Gasteiger partial charge in [0.05, 0.1) is 6.04 Å². The molecular formula is C13H18INO2. The zero-order valence-corrected chi connectivity index (χ0v) is 12.5. The zero-order valence-electron chi connectivity index (χ0n) is 10.4. The van der Waals surface area contributed by atoms with E-state index in [2.05, 4.69) is 27.9 Å². The number of halogens is 1. The van der Waals surface area contributed by atoms with E-state index in [0.717, 1.165) is 9.99 Å². The summed E-state index contributed by atoms with van der Waals surface area (Å²) in [5, 5.41) is 2.87. The van der Waals surface area contributed by atoms with Crippen LogP contribution in [-0.2, 0) is 4.74 Å². The SMILES string of the molecule is CC(C)(C)OC(=O)NC(CI)c1ccccc1. The first-order valence-electron chi connectivity index (χ1n) is 5.53. The topological polar surface area (TPSA) is 38.3 Å². The van der Waals surface area contributed by atoms with Crippen LogP contribution in [0.1, 0.15) is 32.4 Å². The predicted octanol–water partition coefficient (Wildman–Crippen LogP) is 3.69. The third-order valence-corrected chi connectivity index (χ3v) is 2.93. The Morgan fingerprint density at radius 2 is 1.94 bits per heavy atom. The number of alkyl halides is 1. The average molecular weight is 347 g/mol. The second kappa shape index (κ2) is 6.23. The van der Waals surface area contributed by atoms with E-state index in [1.165, 1.54) is 0 Å². The molecule has 0 heterocycles. The third-order valence-electron chi connectivity index (χ3n) is 2.05. The highest BCUT2D eigenvalue weighted by Gasteiger charge is 2.19. The molecule has 0 saturated heterocycles. The fourth-order valence-electron chi connectivity index (χ4n) is 1.35. The van der Waals surface area contributed by atoms with Gasteiger partial charge in [-0.15, -0.1) is 0 Å². The standard InChI is InChI=1S/C13H18INO2/c1-13(2,3)17-12(16)15-11(9-14)10-7-5-4-6-8-10/h4-8,11H,9H2,1-3H3,(H,15,16). The monoisotopic (exact) mass is 347 g/mol. The molecule has 0 bridgehead atoms. The molecule has 1 amide bonds. The maximum absolute atomic E-state index is 11.7. The summed E-state index contributed by atoms with van der Waals surface area (Å²) in [6.45, 7) is 5.57. The Labute approximate surface area is 116 Å². The van der Waals surface area contributed by atoms with Crippen molar-refractivity contribution >= 4 is 28.7 Å². The molecule has 1 aromatic carbocycles. The molecule has 0 spiro atoms. The molecule has 0 fully saturated rings. The number of hydrogen-bond acceptors (Lipinski definition) is 2. The Morgan fingerprint density at radius 1 is 1.35 bits per heavy atom. The Morgan fingerprint density at radius 3 is 2.41 bits per heavy atom. The Kier molecular flexibility index (Phi) is 5.24. The summed E-state index contributed by atoms with van der Waals surface area (Å²) in [6.07, 6.45) is -0.372. The predicted molar refractivity (Wildman–Crippen MR) is 77.4 cm³/mol. The van der Waals surface area contributed by atoms with E-state index in [4.69, 9.17) is 4.74 Å². The van der Waals surface area contributed by atoms with Gasteiger partial charge >= 0.3 is 6.09 Å². The van der Waals surface area contributed by atoms with Crippen LogP contribution in [0.5, 0.6) is 0 Å². The number of hydrogen-bond donors (Lipinski definition) is 1. The van der Waals surface area contributed by atoms with Crippen molar-refractivity contribution in [2.24, 2.45) is 0 Å². The molecule has 3 nitrogen and oxygen atoms in total. The summed E-state index contributed by atoms with van der Waals surface area (Å²) in [5.74, 6) is 0. The zero-order chi connectivity index (χ0) is 12.9. The normalized spacial score (nSPS) is 12.9. The van der Waals surface area contributed by atoms with Crippen LogP contribution in [0.15, 0.2) is 30.3 Å². The molecule has 1 rings (SSSR count). The molecule has 0 aromatic heterocycles. The van der Waals surface area contributed by atoms with E-state index in [1.54, 1.807) is 0 Å². The van der Waals surface area contributed by atoms with Crippen molar-refractivity contribution in [3.05, 3.63) is 35.9 Å². The molecule has 0 aliphatic rings. The molecule has 0 aliphatic carbocycles. The van der Waals surface area contributed by atoms with Crippen molar-refractivity contribution < 1.29 is 9.53 Å². The summed E-state index contributed by atoms with van der Waals surface area (Å²) in [5.41, 5.74) is 0.629. The highest BCUT2D eigenvalue weighted by Crippen LogP contribution is 2.16. The highest BCUT2D eigenvalue weighted by molar-refractivity contribution is 14.1. The summed E-state index contributed by atoms with van der Waals surface area (Å²) in [6, 6.07) is 9.88. The molecule has 94 valence electrons. The van der Waals surface area contributed by atoms with Crippen LogP contribution in [0.4, 0.5) is 4.79 Å². The second-order valence-electron chi connectivity index (χ2n) is 4.76. The molecule has 0 saturated carbocycles. The van der Waals surface area contributed by atoms with Gasteiger partial charge in [-0.25, -0.2) is 4.79 Å². The first kappa shape index (κ1) is 14.3. The van der Waals surface area contributed by atoms with Gasteiger partial charge in [-0.3, -0.25) is 0 Å². The van der Waals surface area contributed by atoms with Crippen LogP contribution < -0.4 is 5.32 Å². The average Bonchev–Trinajstić information content (AvgIpc) is 2.24. The number of carbonyl (C=O) groups is 1. The van der Waals surface area contributed by atoms with E-state index < -0.39 is 5.60 Å². The van der Waals surface area contributed by atoms with Crippen molar-refractivity contribution in [3.63, 3.8) is 0 Å². The molecule has 17 heavy (non-hydrogen) atoms. The van der Waals surface area contributed by atoms with Crippen LogP contribution in [0.2, 0.25) is 0 Å². The summed E-state index contributed by atoms with van der Waals surface area (Å²) in [7, 11) is 0. The Hall–Kier alpha value is -0.780. The van der Waals surface area contributed by atoms with Crippen LogP contribution in [0, 0.1) is 0 Å². The van der Waals surface area contributed by atoms with Crippen LogP contribution >= 0.6 is 22.6 Å². The van der Waals surface area contributed by atoms with Gasteiger partial charge in [-0.2, -0.15) is 0 Å². The maximum Gasteiger partial charge on any atom is 0.408 e. The highest BCUT2D eigenvalue weighted by atomic mass is 127. The van der Waals surface area contributed by atoms with Gasteiger partial charge < -0.3 is 10.1 Å². The molecule has 1 unspecified atom stereocenters. The van der Waals surface area contributed by atoms with E-state index in [0.29, 0.717) is 0 Å². The molecule has 0 radical (unpaired) electrons. The van der Waals surface area contributed by atoms with E-state index in [1.807, 2.05) is 51.1 Å². The Bertz CT molecular complexity index is 359. The van der Waals surface area contributed by atoms with Crippen molar-refractivity contribution in [1.29, 1.82) is 0 Å². The number of carbonyl (C=O) groups excluding carboxylic acids is 1. The Balaban J connectivity index is 2.62. The van der Waals surface area contributed by atoms with Crippen molar-refractivity contribution in [3.8, 4) is 0 Å². The van der Waals surface area contributed by atoms with Gasteiger partial charge in [0.25, 0.3) is 0 Å². The lowest BCUT2D eigenvalue weighted by molar-refractivity contribution is 0.0509. The van der Waals surface area contributed by atoms with E-state index >= 15 is 0 Å². The van der Waals surface area contributed by atoms with Crippen LogP contribution in [0.3, 0.4) is 0 Å². The second-order valence-corrected chi connectivity index (χ2v) is 5.64. The summed E-state index contributed by atoms with van der Waals surface area (Å²) >= 11 is 2.25. The molecule has 1 atom stereocenters. The first-order valence-corrected chi connectivity index (χ1v) is 7.05. The summed E-state index contributed by atoms with van der Waals surface area (Å²) < 4.78 is 6.04. The smallest absolute Gasteiger partial charge is 0.408 e. The number of benzene rings is 1.